The number of methoxy groups -OCH3 is 1. The van der Waals surface area contributed by atoms with Crippen molar-refractivity contribution in [2.24, 2.45) is 0 Å². The molecule has 114 valence electrons. The van der Waals surface area contributed by atoms with Crippen molar-refractivity contribution in [2.75, 3.05) is 13.4 Å². The van der Waals surface area contributed by atoms with Crippen LogP contribution in [0.3, 0.4) is 0 Å². The van der Waals surface area contributed by atoms with Crippen LogP contribution < -0.4 is 4.74 Å². The summed E-state index contributed by atoms with van der Waals surface area (Å²) in [7, 11) is 1.60. The molecule has 0 spiro atoms. The number of hydrogen-bond acceptors (Lipinski definition) is 5. The molecule has 0 bridgehead atoms. The van der Waals surface area contributed by atoms with E-state index < -0.39 is 0 Å². The van der Waals surface area contributed by atoms with Crippen molar-refractivity contribution in [3.05, 3.63) is 12.2 Å². The molecule has 7 heteroatoms. The minimum Gasteiger partial charge on any atom is -0.479 e. The third-order valence-electron chi connectivity index (χ3n) is 4.07. The first kappa shape index (κ1) is 14.9. The van der Waals surface area contributed by atoms with E-state index in [9.17, 15) is 0 Å². The van der Waals surface area contributed by atoms with E-state index in [4.69, 9.17) is 16.3 Å². The number of aromatic nitrogens is 4. The molecule has 0 radical (unpaired) electrons. The summed E-state index contributed by atoms with van der Waals surface area (Å²) in [6.07, 6.45) is 7.30. The Bertz CT molecular complexity index is 645. The Hall–Kier alpha value is -1.01. The van der Waals surface area contributed by atoms with Gasteiger partial charge in [0.1, 0.15) is 12.2 Å². The van der Waals surface area contributed by atoms with E-state index in [1.54, 1.807) is 7.11 Å². The SMILES string of the molecule is COc1ncnc2c1nc(C(C)Cl)n2C1CCCC1SC. The number of alkyl halides is 1. The Morgan fingerprint density at radius 2 is 2.24 bits per heavy atom. The largest absolute Gasteiger partial charge is 0.479 e. The van der Waals surface area contributed by atoms with Gasteiger partial charge in [-0.25, -0.2) is 9.97 Å². The molecular formula is C14H19ClN4OS. The lowest BCUT2D eigenvalue weighted by molar-refractivity contribution is 0.401. The topological polar surface area (TPSA) is 52.8 Å². The third kappa shape index (κ3) is 2.48. The fourth-order valence-electron chi connectivity index (χ4n) is 3.14. The van der Waals surface area contributed by atoms with Crippen molar-refractivity contribution in [2.45, 2.75) is 42.9 Å². The molecule has 3 unspecified atom stereocenters. The molecule has 0 aliphatic heterocycles. The van der Waals surface area contributed by atoms with E-state index in [1.807, 2.05) is 18.7 Å². The lowest BCUT2D eigenvalue weighted by atomic mass is 10.2. The second-order valence-electron chi connectivity index (χ2n) is 5.28. The Kier molecular flexibility index (Phi) is 4.26. The van der Waals surface area contributed by atoms with Gasteiger partial charge in [-0.15, -0.1) is 11.6 Å². The molecule has 5 nitrogen and oxygen atoms in total. The zero-order valence-corrected chi connectivity index (χ0v) is 14.0. The molecule has 2 aromatic rings. The van der Waals surface area contributed by atoms with Crippen molar-refractivity contribution in [1.82, 2.24) is 19.5 Å². The number of halogens is 1. The molecular weight excluding hydrogens is 308 g/mol. The fourth-order valence-corrected chi connectivity index (χ4v) is 4.27. The molecule has 3 rings (SSSR count). The van der Waals surface area contributed by atoms with Crippen LogP contribution in [0.25, 0.3) is 11.2 Å². The lowest BCUT2D eigenvalue weighted by Gasteiger charge is -2.22. The summed E-state index contributed by atoms with van der Waals surface area (Å²) in [4.78, 5) is 13.3. The average Bonchev–Trinajstić information content (AvgIpc) is 3.09. The molecule has 0 amide bonds. The van der Waals surface area contributed by atoms with Crippen molar-refractivity contribution in [1.29, 1.82) is 0 Å². The zero-order valence-electron chi connectivity index (χ0n) is 12.4. The van der Waals surface area contributed by atoms with Crippen LogP contribution in [0.2, 0.25) is 0 Å². The number of thioether (sulfide) groups is 1. The molecule has 2 heterocycles. The molecule has 1 aliphatic rings. The first-order chi connectivity index (χ1) is 10.2. The van der Waals surface area contributed by atoms with Gasteiger partial charge in [0, 0.05) is 11.3 Å². The Labute approximate surface area is 133 Å². The number of fused-ring (bicyclic) bond motifs is 1. The van der Waals surface area contributed by atoms with Gasteiger partial charge < -0.3 is 9.30 Å². The number of ether oxygens (including phenoxy) is 1. The average molecular weight is 327 g/mol. The van der Waals surface area contributed by atoms with E-state index >= 15 is 0 Å². The van der Waals surface area contributed by atoms with Gasteiger partial charge in [-0.1, -0.05) is 6.42 Å². The second kappa shape index (κ2) is 6.01. The van der Waals surface area contributed by atoms with E-state index in [1.165, 1.54) is 19.2 Å². The Morgan fingerprint density at radius 1 is 1.43 bits per heavy atom. The van der Waals surface area contributed by atoms with E-state index in [0.29, 0.717) is 22.7 Å². The van der Waals surface area contributed by atoms with E-state index in [-0.39, 0.29) is 5.38 Å². The molecule has 0 N–H and O–H groups in total. The first-order valence-electron chi connectivity index (χ1n) is 7.11. The lowest BCUT2D eigenvalue weighted by Crippen LogP contribution is -2.19. The number of nitrogens with zero attached hydrogens (tertiary/aromatic N) is 4. The Morgan fingerprint density at radius 3 is 2.90 bits per heavy atom. The van der Waals surface area contributed by atoms with Gasteiger partial charge in [0.25, 0.3) is 0 Å². The second-order valence-corrected chi connectivity index (χ2v) is 7.02. The zero-order chi connectivity index (χ0) is 15.0. The van der Waals surface area contributed by atoms with Crippen LogP contribution >= 0.6 is 23.4 Å². The number of rotatable bonds is 4. The third-order valence-corrected chi connectivity index (χ3v) is 5.42. The van der Waals surface area contributed by atoms with Crippen LogP contribution in [0.5, 0.6) is 5.88 Å². The van der Waals surface area contributed by atoms with Gasteiger partial charge >= 0.3 is 0 Å². The molecule has 0 aromatic carbocycles. The maximum Gasteiger partial charge on any atom is 0.245 e. The highest BCUT2D eigenvalue weighted by molar-refractivity contribution is 7.99. The van der Waals surface area contributed by atoms with E-state index in [0.717, 1.165) is 17.9 Å². The summed E-state index contributed by atoms with van der Waals surface area (Å²) in [5, 5.41) is 0.407. The summed E-state index contributed by atoms with van der Waals surface area (Å²) in [5.41, 5.74) is 1.53. The number of hydrogen-bond donors (Lipinski definition) is 0. The highest BCUT2D eigenvalue weighted by Gasteiger charge is 2.33. The van der Waals surface area contributed by atoms with E-state index in [2.05, 4.69) is 25.8 Å². The minimum absolute atomic E-state index is 0.174. The maximum absolute atomic E-state index is 6.37. The van der Waals surface area contributed by atoms with Crippen LogP contribution in [0.15, 0.2) is 6.33 Å². The highest BCUT2D eigenvalue weighted by atomic mass is 35.5. The maximum atomic E-state index is 6.37. The van der Waals surface area contributed by atoms with Gasteiger partial charge in [0.05, 0.1) is 12.5 Å². The van der Waals surface area contributed by atoms with Gasteiger partial charge in [0.15, 0.2) is 11.2 Å². The van der Waals surface area contributed by atoms with Gasteiger partial charge in [-0.3, -0.25) is 0 Å². The Balaban J connectivity index is 2.21. The molecule has 0 saturated heterocycles. The van der Waals surface area contributed by atoms with Crippen LogP contribution in [-0.4, -0.2) is 38.1 Å². The van der Waals surface area contributed by atoms with Gasteiger partial charge in [-0.2, -0.15) is 16.7 Å². The van der Waals surface area contributed by atoms with Crippen molar-refractivity contribution in [3.8, 4) is 5.88 Å². The molecule has 2 aromatic heterocycles. The molecule has 1 aliphatic carbocycles. The van der Waals surface area contributed by atoms with Crippen molar-refractivity contribution < 1.29 is 4.74 Å². The predicted molar refractivity (Wildman–Crippen MR) is 86.3 cm³/mol. The summed E-state index contributed by atoms with van der Waals surface area (Å²) in [5.74, 6) is 1.37. The van der Waals surface area contributed by atoms with Gasteiger partial charge in [-0.05, 0) is 26.0 Å². The molecule has 1 saturated carbocycles. The minimum atomic E-state index is -0.174. The first-order valence-corrected chi connectivity index (χ1v) is 8.83. The van der Waals surface area contributed by atoms with Crippen LogP contribution in [0.1, 0.15) is 43.4 Å². The summed E-state index contributed by atoms with van der Waals surface area (Å²) < 4.78 is 7.53. The summed E-state index contributed by atoms with van der Waals surface area (Å²) >= 11 is 8.28. The van der Waals surface area contributed by atoms with Crippen LogP contribution in [0.4, 0.5) is 0 Å². The smallest absolute Gasteiger partial charge is 0.245 e. The van der Waals surface area contributed by atoms with Crippen LogP contribution in [-0.2, 0) is 0 Å². The predicted octanol–water partition coefficient (Wildman–Crippen LogP) is 3.59. The standard InChI is InChI=1S/C14H19ClN4OS/c1-8(15)12-18-11-13(16-7-17-14(11)20-2)19(12)9-5-4-6-10(9)21-3/h7-10H,4-6H2,1-3H3. The quantitative estimate of drug-likeness (QED) is 0.804. The number of imidazole rings is 1. The van der Waals surface area contributed by atoms with Crippen molar-refractivity contribution >= 4 is 34.5 Å². The summed E-state index contributed by atoms with van der Waals surface area (Å²) in [6, 6.07) is 0.390. The fraction of sp³-hybridized carbons (Fsp3) is 0.643. The van der Waals surface area contributed by atoms with Crippen LogP contribution in [0, 0.1) is 0 Å². The monoisotopic (exact) mass is 326 g/mol. The molecule has 1 fully saturated rings. The molecule has 21 heavy (non-hydrogen) atoms. The normalized spacial score (nSPS) is 23.6. The van der Waals surface area contributed by atoms with Crippen molar-refractivity contribution in [3.63, 3.8) is 0 Å². The molecule has 3 atom stereocenters. The highest BCUT2D eigenvalue weighted by Crippen LogP contribution is 2.41. The van der Waals surface area contributed by atoms with Gasteiger partial charge in [0.2, 0.25) is 5.88 Å². The summed E-state index contributed by atoms with van der Waals surface area (Å²) in [6.45, 7) is 1.95.